The molecule has 1 aromatic carbocycles. The molecular formula is C40H48F4N8. The molecular weight excluding hydrogens is 668 g/mol. The minimum absolute atomic E-state index is 0.0370. The summed E-state index contributed by atoms with van der Waals surface area (Å²) in [5.41, 5.74) is 3.47. The van der Waals surface area contributed by atoms with E-state index in [0.717, 1.165) is 42.7 Å². The number of likely N-dealkylation sites (tertiary alicyclic amines) is 1. The standard InChI is InChI=1S/C40H48F4N8/c1-9-13-26(10-2)22-50(8)39-33(45-7)20-31(43)38(44)37(39)32-14-12-15-36(49-32)48-28-19-35(24(4)5)51(23-28)25(6)29-21-47-52(40(29)46-11-3)34-17-16-27(41)18-30(34)42/h11-12,14-16,18,20-21,26,28,34-35H,3-4,7,9-10,13,17,19,22-23H2,1-2,5-6,8H3,(H,48,49)/b29-25+,46-40?. The number of hydrogen-bond donors (Lipinski definition) is 1. The Hall–Kier alpha value is -5.00. The lowest BCUT2D eigenvalue weighted by Gasteiger charge is -2.30. The zero-order valence-corrected chi connectivity index (χ0v) is 30.6. The van der Waals surface area contributed by atoms with E-state index >= 15 is 8.78 Å². The van der Waals surface area contributed by atoms with Crippen LogP contribution in [0.4, 0.5) is 34.8 Å². The number of benzene rings is 1. The number of aliphatic imine (C=N–C) groups is 2. The summed E-state index contributed by atoms with van der Waals surface area (Å²) in [6, 6.07) is 5.32. The lowest BCUT2D eigenvalue weighted by atomic mass is 9.98. The van der Waals surface area contributed by atoms with Crippen molar-refractivity contribution in [2.75, 3.05) is 30.4 Å². The monoisotopic (exact) mass is 716 g/mol. The summed E-state index contributed by atoms with van der Waals surface area (Å²) >= 11 is 0. The molecule has 4 unspecified atom stereocenters. The molecule has 2 aliphatic heterocycles. The molecule has 3 aliphatic rings. The fourth-order valence-corrected chi connectivity index (χ4v) is 7.35. The van der Waals surface area contributed by atoms with Crippen LogP contribution in [0, 0.1) is 17.6 Å². The second kappa shape index (κ2) is 16.6. The third-order valence-corrected chi connectivity index (χ3v) is 9.99. The summed E-state index contributed by atoms with van der Waals surface area (Å²) < 4.78 is 59.4. The van der Waals surface area contributed by atoms with Gasteiger partial charge >= 0.3 is 0 Å². The van der Waals surface area contributed by atoms with Gasteiger partial charge in [-0.25, -0.2) is 32.5 Å². The molecule has 3 heterocycles. The number of anilines is 2. The first-order chi connectivity index (χ1) is 24.9. The minimum atomic E-state index is -1.02. The maximum Gasteiger partial charge on any atom is 0.170 e. The highest BCUT2D eigenvalue weighted by molar-refractivity contribution is 6.19. The van der Waals surface area contributed by atoms with Gasteiger partial charge in [0.15, 0.2) is 17.5 Å². The van der Waals surface area contributed by atoms with E-state index in [1.54, 1.807) is 24.4 Å². The van der Waals surface area contributed by atoms with Crippen molar-refractivity contribution in [1.82, 2.24) is 14.9 Å². The Morgan fingerprint density at radius 3 is 2.62 bits per heavy atom. The molecule has 0 radical (unpaired) electrons. The van der Waals surface area contributed by atoms with Crippen LogP contribution in [-0.4, -0.2) is 71.9 Å². The summed E-state index contributed by atoms with van der Waals surface area (Å²) in [6.45, 7) is 21.0. The first-order valence-corrected chi connectivity index (χ1v) is 17.7. The van der Waals surface area contributed by atoms with E-state index in [1.807, 2.05) is 25.8 Å². The number of nitrogens with one attached hydrogen (secondary N) is 1. The Balaban J connectivity index is 1.43. The van der Waals surface area contributed by atoms with Gasteiger partial charge in [0, 0.05) is 50.2 Å². The second-order valence-electron chi connectivity index (χ2n) is 13.6. The molecule has 0 bridgehead atoms. The minimum Gasteiger partial charge on any atom is -0.372 e. The normalized spacial score (nSPS) is 22.3. The van der Waals surface area contributed by atoms with Gasteiger partial charge < -0.3 is 15.1 Å². The van der Waals surface area contributed by atoms with Crippen molar-refractivity contribution in [2.24, 2.45) is 21.0 Å². The van der Waals surface area contributed by atoms with E-state index in [0.29, 0.717) is 48.3 Å². The number of aromatic nitrogens is 1. The van der Waals surface area contributed by atoms with E-state index in [2.05, 4.69) is 59.0 Å². The SMILES string of the molecule is C=CN=C1/C(=C(\C)N2CC(Nc3cccc(-c4c(F)c(F)cc(N=C)c4N(C)CC(CC)CCC)n3)CC2C(=C)C)C=NN1C1CC=C(F)C=C1F. The number of amidine groups is 1. The highest BCUT2D eigenvalue weighted by Crippen LogP contribution is 2.42. The molecule has 1 aromatic heterocycles. The second-order valence-corrected chi connectivity index (χ2v) is 13.6. The Morgan fingerprint density at radius 1 is 1.19 bits per heavy atom. The molecule has 12 heteroatoms. The molecule has 1 fully saturated rings. The molecule has 0 saturated carbocycles. The average Bonchev–Trinajstić information content (AvgIpc) is 3.73. The molecule has 276 valence electrons. The van der Waals surface area contributed by atoms with E-state index < -0.39 is 29.3 Å². The fourth-order valence-electron chi connectivity index (χ4n) is 7.35. The molecule has 1 aliphatic carbocycles. The smallest absolute Gasteiger partial charge is 0.170 e. The van der Waals surface area contributed by atoms with Crippen LogP contribution in [0.2, 0.25) is 0 Å². The molecule has 0 spiro atoms. The summed E-state index contributed by atoms with van der Waals surface area (Å²) in [5, 5.41) is 9.45. The Labute approximate surface area is 304 Å². The van der Waals surface area contributed by atoms with Gasteiger partial charge in [0.2, 0.25) is 0 Å². The number of allylic oxidation sites excluding steroid dienone is 3. The zero-order valence-electron chi connectivity index (χ0n) is 30.6. The van der Waals surface area contributed by atoms with Gasteiger partial charge in [0.25, 0.3) is 0 Å². The highest BCUT2D eigenvalue weighted by atomic mass is 19.2. The predicted octanol–water partition coefficient (Wildman–Crippen LogP) is 9.65. The Kier molecular flexibility index (Phi) is 12.2. The van der Waals surface area contributed by atoms with Crippen molar-refractivity contribution in [3.8, 4) is 11.3 Å². The van der Waals surface area contributed by atoms with Crippen LogP contribution in [-0.2, 0) is 0 Å². The van der Waals surface area contributed by atoms with Crippen molar-refractivity contribution < 1.29 is 17.6 Å². The van der Waals surface area contributed by atoms with Crippen LogP contribution < -0.4 is 10.2 Å². The van der Waals surface area contributed by atoms with Crippen molar-refractivity contribution in [2.45, 2.75) is 77.9 Å². The molecule has 8 nitrogen and oxygen atoms in total. The number of hydrogen-bond acceptors (Lipinski definition) is 7. The van der Waals surface area contributed by atoms with Crippen LogP contribution in [0.15, 0.2) is 99.4 Å². The maximum absolute atomic E-state index is 15.8. The number of pyridine rings is 1. The van der Waals surface area contributed by atoms with Gasteiger partial charge in [0.1, 0.15) is 23.5 Å². The van der Waals surface area contributed by atoms with Gasteiger partial charge in [-0.15, -0.1) is 0 Å². The maximum atomic E-state index is 15.8. The molecule has 1 saturated heterocycles. The zero-order chi connectivity index (χ0) is 37.7. The summed E-state index contributed by atoms with van der Waals surface area (Å²) in [5.74, 6) is -1.99. The summed E-state index contributed by atoms with van der Waals surface area (Å²) in [7, 11) is 1.87. The molecule has 0 amide bonds. The lowest BCUT2D eigenvalue weighted by Crippen LogP contribution is -2.37. The third kappa shape index (κ3) is 7.90. The molecule has 5 rings (SSSR count). The van der Waals surface area contributed by atoms with Gasteiger partial charge in [-0.3, -0.25) is 4.99 Å². The fraction of sp³-hybridized carbons (Fsp3) is 0.400. The van der Waals surface area contributed by atoms with E-state index in [-0.39, 0.29) is 35.4 Å². The van der Waals surface area contributed by atoms with Crippen LogP contribution in [0.3, 0.4) is 0 Å². The first-order valence-electron chi connectivity index (χ1n) is 17.7. The topological polar surface area (TPSA) is 71.7 Å². The van der Waals surface area contributed by atoms with Gasteiger partial charge in [-0.05, 0) is 64.0 Å². The van der Waals surface area contributed by atoms with Crippen LogP contribution in [0.1, 0.15) is 59.8 Å². The number of halogens is 4. The summed E-state index contributed by atoms with van der Waals surface area (Å²) in [6.07, 6.45) is 8.97. The largest absolute Gasteiger partial charge is 0.372 e. The van der Waals surface area contributed by atoms with E-state index in [4.69, 9.17) is 4.98 Å². The highest BCUT2D eigenvalue weighted by Gasteiger charge is 2.38. The lowest BCUT2D eigenvalue weighted by molar-refractivity contribution is 0.318. The van der Waals surface area contributed by atoms with Crippen molar-refractivity contribution in [1.29, 1.82) is 0 Å². The predicted molar refractivity (Wildman–Crippen MR) is 206 cm³/mol. The molecule has 2 aromatic rings. The average molecular weight is 717 g/mol. The van der Waals surface area contributed by atoms with Crippen LogP contribution in [0.25, 0.3) is 11.3 Å². The van der Waals surface area contributed by atoms with Crippen molar-refractivity contribution >= 4 is 36.0 Å². The van der Waals surface area contributed by atoms with Crippen molar-refractivity contribution in [3.05, 3.63) is 95.9 Å². The summed E-state index contributed by atoms with van der Waals surface area (Å²) in [4.78, 5) is 17.5. The molecule has 1 N–H and O–H groups in total. The number of nitrogens with zero attached hydrogens (tertiary/aromatic N) is 7. The quantitative estimate of drug-likeness (QED) is 0.120. The van der Waals surface area contributed by atoms with E-state index in [1.165, 1.54) is 17.3 Å². The van der Waals surface area contributed by atoms with Crippen LogP contribution in [0.5, 0.6) is 0 Å². The first kappa shape index (κ1) is 38.2. The number of rotatable bonds is 14. The Bertz CT molecular complexity index is 1860. The number of hydrazone groups is 1. The van der Waals surface area contributed by atoms with Crippen molar-refractivity contribution in [3.63, 3.8) is 0 Å². The molecule has 4 atom stereocenters. The molecule has 52 heavy (non-hydrogen) atoms. The van der Waals surface area contributed by atoms with Crippen LogP contribution >= 0.6 is 0 Å². The van der Waals surface area contributed by atoms with Gasteiger partial charge in [-0.2, -0.15) is 5.10 Å². The third-order valence-electron chi connectivity index (χ3n) is 9.99. The van der Waals surface area contributed by atoms with Gasteiger partial charge in [0.05, 0.1) is 40.5 Å². The van der Waals surface area contributed by atoms with Gasteiger partial charge in [-0.1, -0.05) is 51.5 Å². The van der Waals surface area contributed by atoms with E-state index in [9.17, 15) is 8.78 Å². The Morgan fingerprint density at radius 2 is 1.96 bits per heavy atom.